The first-order valence-corrected chi connectivity index (χ1v) is 11.3. The highest BCUT2D eigenvalue weighted by molar-refractivity contribution is 7.98. The van der Waals surface area contributed by atoms with E-state index in [0.717, 1.165) is 21.3 Å². The van der Waals surface area contributed by atoms with Crippen molar-refractivity contribution < 1.29 is 14.0 Å². The van der Waals surface area contributed by atoms with Crippen LogP contribution in [-0.4, -0.2) is 29.9 Å². The highest BCUT2D eigenvalue weighted by Crippen LogP contribution is 2.23. The molecule has 3 aromatic rings. The summed E-state index contributed by atoms with van der Waals surface area (Å²) in [6, 6.07) is 11.7. The fraction of sp³-hybridized carbons (Fsp3) is 0.227. The van der Waals surface area contributed by atoms with Crippen molar-refractivity contribution >= 4 is 34.9 Å². The van der Waals surface area contributed by atoms with Crippen molar-refractivity contribution in [2.75, 3.05) is 13.1 Å². The number of nitrogens with zero attached hydrogens (tertiary/aromatic N) is 1. The molecule has 2 aromatic carbocycles. The Balaban J connectivity index is 1.41. The number of carbonyl (C=O) groups is 2. The molecule has 8 heteroatoms. The topological polar surface area (TPSA) is 71.1 Å². The van der Waals surface area contributed by atoms with Crippen LogP contribution in [0.15, 0.2) is 52.7 Å². The predicted molar refractivity (Wildman–Crippen MR) is 119 cm³/mol. The van der Waals surface area contributed by atoms with Crippen molar-refractivity contribution in [2.24, 2.45) is 0 Å². The summed E-state index contributed by atoms with van der Waals surface area (Å²) in [5.74, 6) is -0.211. The lowest BCUT2D eigenvalue weighted by Crippen LogP contribution is -2.34. The number of hydrogen-bond donors (Lipinski definition) is 2. The molecule has 2 N–H and O–H groups in total. The first-order valence-electron chi connectivity index (χ1n) is 9.39. The van der Waals surface area contributed by atoms with Gasteiger partial charge in [0.25, 0.3) is 11.8 Å². The maximum atomic E-state index is 13.5. The highest BCUT2D eigenvalue weighted by atomic mass is 32.2. The van der Waals surface area contributed by atoms with Crippen molar-refractivity contribution in [2.45, 2.75) is 24.5 Å². The van der Waals surface area contributed by atoms with Gasteiger partial charge in [0, 0.05) is 40.2 Å². The lowest BCUT2D eigenvalue weighted by atomic mass is 10.1. The van der Waals surface area contributed by atoms with Crippen LogP contribution in [0.5, 0.6) is 0 Å². The molecule has 2 amide bonds. The van der Waals surface area contributed by atoms with E-state index in [9.17, 15) is 14.0 Å². The molecular formula is C22H22FN3O2S2. The molecule has 1 aromatic heterocycles. The summed E-state index contributed by atoms with van der Waals surface area (Å²) in [6.45, 7) is 4.15. The zero-order valence-electron chi connectivity index (χ0n) is 16.7. The van der Waals surface area contributed by atoms with Gasteiger partial charge in [-0.3, -0.25) is 9.59 Å². The minimum Gasteiger partial charge on any atom is -0.350 e. The summed E-state index contributed by atoms with van der Waals surface area (Å²) < 4.78 is 13.5. The second-order valence-electron chi connectivity index (χ2n) is 6.65. The standard InChI is InChI=1S/C22H22FN3O2S2/c1-14-3-4-17(11-20(14)23)22(28)25-10-9-24-21(27)16-5-7-19(8-6-16)30-13-18-12-29-15(2)26-18/h3-8,11-12H,9-10,13H2,1-2H3,(H,24,27)(H,25,28). The van der Waals surface area contributed by atoms with Gasteiger partial charge in [0.2, 0.25) is 0 Å². The Bertz CT molecular complexity index is 1040. The lowest BCUT2D eigenvalue weighted by molar-refractivity contribution is 0.0927. The molecular weight excluding hydrogens is 421 g/mol. The number of carbonyl (C=O) groups excluding carboxylic acids is 2. The number of thiazole rings is 1. The van der Waals surface area contributed by atoms with Crippen molar-refractivity contribution in [3.05, 3.63) is 81.1 Å². The number of rotatable bonds is 8. The quantitative estimate of drug-likeness (QED) is 0.401. The first-order chi connectivity index (χ1) is 14.4. The van der Waals surface area contributed by atoms with Gasteiger partial charge in [-0.15, -0.1) is 23.1 Å². The molecule has 1 heterocycles. The van der Waals surface area contributed by atoms with Crippen LogP contribution in [0.25, 0.3) is 0 Å². The van der Waals surface area contributed by atoms with Gasteiger partial charge >= 0.3 is 0 Å². The number of benzene rings is 2. The Morgan fingerprint density at radius 3 is 2.23 bits per heavy atom. The molecule has 0 aliphatic heterocycles. The normalized spacial score (nSPS) is 10.6. The fourth-order valence-corrected chi connectivity index (χ4v) is 4.13. The smallest absolute Gasteiger partial charge is 0.251 e. The van der Waals surface area contributed by atoms with Crippen molar-refractivity contribution in [3.63, 3.8) is 0 Å². The van der Waals surface area contributed by atoms with Crippen LogP contribution in [0.4, 0.5) is 4.39 Å². The van der Waals surface area contributed by atoms with E-state index < -0.39 is 5.82 Å². The Hall–Kier alpha value is -2.71. The van der Waals surface area contributed by atoms with Gasteiger partial charge in [-0.1, -0.05) is 6.07 Å². The summed E-state index contributed by atoms with van der Waals surface area (Å²) in [7, 11) is 0. The third-order valence-electron chi connectivity index (χ3n) is 4.30. The van der Waals surface area contributed by atoms with Gasteiger partial charge in [0.15, 0.2) is 0 Å². The molecule has 0 unspecified atom stereocenters. The number of amides is 2. The van der Waals surface area contributed by atoms with E-state index in [2.05, 4.69) is 21.0 Å². The number of thioether (sulfide) groups is 1. The molecule has 3 rings (SSSR count). The van der Waals surface area contributed by atoms with Crippen LogP contribution in [0.2, 0.25) is 0 Å². The van der Waals surface area contributed by atoms with Gasteiger partial charge in [0.05, 0.1) is 10.7 Å². The fourth-order valence-electron chi connectivity index (χ4n) is 2.62. The lowest BCUT2D eigenvalue weighted by Gasteiger charge is -2.08. The van der Waals surface area contributed by atoms with Crippen LogP contribution < -0.4 is 10.6 Å². The molecule has 0 aliphatic rings. The molecule has 0 spiro atoms. The van der Waals surface area contributed by atoms with Crippen molar-refractivity contribution in [3.8, 4) is 0 Å². The van der Waals surface area contributed by atoms with E-state index in [1.165, 1.54) is 6.07 Å². The highest BCUT2D eigenvalue weighted by Gasteiger charge is 2.09. The number of nitrogens with one attached hydrogen (secondary N) is 2. The molecule has 0 fully saturated rings. The minimum absolute atomic E-state index is 0.211. The Labute approximate surface area is 183 Å². The zero-order valence-corrected chi connectivity index (χ0v) is 18.3. The molecule has 0 radical (unpaired) electrons. The van der Waals surface area contributed by atoms with E-state index in [-0.39, 0.29) is 30.5 Å². The maximum Gasteiger partial charge on any atom is 0.251 e. The van der Waals surface area contributed by atoms with E-state index in [0.29, 0.717) is 11.1 Å². The molecule has 0 bridgehead atoms. The summed E-state index contributed by atoms with van der Waals surface area (Å²) in [4.78, 5) is 29.8. The van der Waals surface area contributed by atoms with Gasteiger partial charge in [-0.05, 0) is 55.8 Å². The molecule has 0 saturated heterocycles. The number of aromatic nitrogens is 1. The van der Waals surface area contributed by atoms with E-state index in [4.69, 9.17) is 0 Å². The average molecular weight is 444 g/mol. The molecule has 0 atom stereocenters. The predicted octanol–water partition coefficient (Wildman–Crippen LogP) is 4.35. The second kappa shape index (κ2) is 10.4. The Morgan fingerprint density at radius 2 is 1.63 bits per heavy atom. The third kappa shape index (κ3) is 6.14. The monoisotopic (exact) mass is 443 g/mol. The number of aryl methyl sites for hydroxylation is 2. The van der Waals surface area contributed by atoms with Gasteiger partial charge in [0.1, 0.15) is 5.82 Å². The molecule has 0 aliphatic carbocycles. The second-order valence-corrected chi connectivity index (χ2v) is 8.76. The number of hydrogen-bond acceptors (Lipinski definition) is 5. The van der Waals surface area contributed by atoms with Gasteiger partial charge < -0.3 is 10.6 Å². The third-order valence-corrected chi connectivity index (χ3v) is 6.17. The summed E-state index contributed by atoms with van der Waals surface area (Å²) in [5.41, 5.74) is 2.35. The first kappa shape index (κ1) is 22.0. The van der Waals surface area contributed by atoms with Crippen LogP contribution in [-0.2, 0) is 5.75 Å². The number of halogens is 1. The maximum absolute atomic E-state index is 13.5. The van der Waals surface area contributed by atoms with E-state index in [1.807, 2.05) is 19.1 Å². The van der Waals surface area contributed by atoms with E-state index >= 15 is 0 Å². The summed E-state index contributed by atoms with van der Waals surface area (Å²) >= 11 is 3.31. The van der Waals surface area contributed by atoms with Crippen LogP contribution in [0.3, 0.4) is 0 Å². The van der Waals surface area contributed by atoms with Gasteiger partial charge in [-0.25, -0.2) is 9.37 Å². The van der Waals surface area contributed by atoms with Crippen molar-refractivity contribution in [1.82, 2.24) is 15.6 Å². The SMILES string of the molecule is Cc1nc(CSc2ccc(C(=O)NCCNC(=O)c3ccc(C)c(F)c3)cc2)cs1. The zero-order chi connectivity index (χ0) is 21.5. The van der Waals surface area contributed by atoms with Crippen molar-refractivity contribution in [1.29, 1.82) is 0 Å². The Kier molecular flexibility index (Phi) is 7.59. The average Bonchev–Trinajstić information content (AvgIpc) is 3.17. The molecule has 30 heavy (non-hydrogen) atoms. The largest absolute Gasteiger partial charge is 0.350 e. The minimum atomic E-state index is -0.417. The molecule has 156 valence electrons. The van der Waals surface area contributed by atoms with Gasteiger partial charge in [-0.2, -0.15) is 0 Å². The van der Waals surface area contributed by atoms with Crippen LogP contribution in [0.1, 0.15) is 37.0 Å². The Morgan fingerprint density at radius 1 is 1.00 bits per heavy atom. The summed E-state index contributed by atoms with van der Waals surface area (Å²) in [6.07, 6.45) is 0. The van der Waals surface area contributed by atoms with E-state index in [1.54, 1.807) is 54.3 Å². The molecule has 0 saturated carbocycles. The van der Waals surface area contributed by atoms with Crippen LogP contribution in [0, 0.1) is 19.7 Å². The molecule has 5 nitrogen and oxygen atoms in total. The van der Waals surface area contributed by atoms with Crippen LogP contribution >= 0.6 is 23.1 Å². The summed E-state index contributed by atoms with van der Waals surface area (Å²) in [5, 5.41) is 8.54.